The summed E-state index contributed by atoms with van der Waals surface area (Å²) in [5.74, 6) is 0.317. The molecule has 102 valence electrons. The van der Waals surface area contributed by atoms with Crippen LogP contribution in [-0.2, 0) is 10.0 Å². The van der Waals surface area contributed by atoms with E-state index in [0.29, 0.717) is 27.7 Å². The van der Waals surface area contributed by atoms with Crippen LogP contribution >= 0.6 is 27.3 Å². The Morgan fingerprint density at radius 2 is 2.33 bits per heavy atom. The smallest absolute Gasteiger partial charge is 0.254 e. The van der Waals surface area contributed by atoms with Gasteiger partial charge in [-0.15, -0.1) is 11.3 Å². The third kappa shape index (κ3) is 2.51. The molecule has 2 unspecified atom stereocenters. The molecule has 2 rings (SSSR count). The van der Waals surface area contributed by atoms with E-state index in [0.717, 1.165) is 12.8 Å². The first-order valence-electron chi connectivity index (χ1n) is 5.93. The average molecular weight is 353 g/mol. The quantitative estimate of drug-likeness (QED) is 0.907. The summed E-state index contributed by atoms with van der Waals surface area (Å²) in [5.41, 5.74) is 5.76. The topological polar surface area (TPSA) is 63.4 Å². The number of nitrogens with zero attached hydrogens (tertiary/aromatic N) is 1. The third-order valence-electron chi connectivity index (χ3n) is 3.43. The highest BCUT2D eigenvalue weighted by Crippen LogP contribution is 2.34. The van der Waals surface area contributed by atoms with Crippen molar-refractivity contribution in [3.63, 3.8) is 0 Å². The molecule has 1 aliphatic rings. The van der Waals surface area contributed by atoms with Crippen molar-refractivity contribution in [3.05, 3.63) is 15.9 Å². The molecule has 2 atom stereocenters. The lowest BCUT2D eigenvalue weighted by Gasteiger charge is -2.38. The highest BCUT2D eigenvalue weighted by molar-refractivity contribution is 9.10. The zero-order valence-electron chi connectivity index (χ0n) is 10.2. The number of hydrogen-bond donors (Lipinski definition) is 1. The average Bonchev–Trinajstić information content (AvgIpc) is 2.75. The second-order valence-corrected chi connectivity index (χ2v) is 8.45. The molecule has 18 heavy (non-hydrogen) atoms. The monoisotopic (exact) mass is 352 g/mol. The predicted octanol–water partition coefficient (Wildman–Crippen LogP) is 2.26. The van der Waals surface area contributed by atoms with Crippen LogP contribution in [0, 0.1) is 5.92 Å². The van der Waals surface area contributed by atoms with E-state index >= 15 is 0 Å². The largest absolute Gasteiger partial charge is 0.329 e. The van der Waals surface area contributed by atoms with Crippen molar-refractivity contribution >= 4 is 37.3 Å². The standard InChI is InChI=1S/C11H17BrN2O2S2/c1-8-3-2-5-14(10(8)7-13)18(15,16)11-9(12)4-6-17-11/h4,6,8,10H,2-3,5,7,13H2,1H3. The van der Waals surface area contributed by atoms with Crippen molar-refractivity contribution < 1.29 is 8.42 Å². The Labute approximate surface area is 120 Å². The van der Waals surface area contributed by atoms with Gasteiger partial charge in [0, 0.05) is 23.6 Å². The van der Waals surface area contributed by atoms with Crippen molar-refractivity contribution in [1.82, 2.24) is 4.31 Å². The molecule has 1 aliphatic heterocycles. The maximum Gasteiger partial charge on any atom is 0.254 e. The van der Waals surface area contributed by atoms with Gasteiger partial charge < -0.3 is 5.73 Å². The van der Waals surface area contributed by atoms with Crippen molar-refractivity contribution in [2.45, 2.75) is 30.0 Å². The van der Waals surface area contributed by atoms with E-state index in [9.17, 15) is 8.42 Å². The molecule has 2 heterocycles. The fraction of sp³-hybridized carbons (Fsp3) is 0.636. The van der Waals surface area contributed by atoms with E-state index in [2.05, 4.69) is 22.9 Å². The Balaban J connectivity index is 2.37. The lowest BCUT2D eigenvalue weighted by molar-refractivity contribution is 0.193. The number of thiophene rings is 1. The Kier molecular flexibility index (Phi) is 4.48. The van der Waals surface area contributed by atoms with Crippen molar-refractivity contribution in [3.8, 4) is 0 Å². The Bertz CT molecular complexity index is 515. The van der Waals surface area contributed by atoms with Crippen LogP contribution in [0.4, 0.5) is 0 Å². The lowest BCUT2D eigenvalue weighted by Crippen LogP contribution is -2.51. The van der Waals surface area contributed by atoms with E-state index in [1.165, 1.54) is 11.3 Å². The van der Waals surface area contributed by atoms with E-state index in [4.69, 9.17) is 5.73 Å². The van der Waals surface area contributed by atoms with Crippen LogP contribution in [0.3, 0.4) is 0 Å². The van der Waals surface area contributed by atoms with Gasteiger partial charge in [0.1, 0.15) is 4.21 Å². The first-order valence-corrected chi connectivity index (χ1v) is 9.04. The van der Waals surface area contributed by atoms with Gasteiger partial charge in [-0.3, -0.25) is 0 Å². The van der Waals surface area contributed by atoms with E-state index in [1.807, 2.05) is 0 Å². The molecule has 1 saturated heterocycles. The van der Waals surface area contributed by atoms with E-state index < -0.39 is 10.0 Å². The van der Waals surface area contributed by atoms with Gasteiger partial charge >= 0.3 is 0 Å². The summed E-state index contributed by atoms with van der Waals surface area (Å²) in [6.07, 6.45) is 1.94. The van der Waals surface area contributed by atoms with E-state index in [1.54, 1.807) is 15.8 Å². The van der Waals surface area contributed by atoms with Crippen LogP contribution in [-0.4, -0.2) is 31.9 Å². The maximum atomic E-state index is 12.6. The van der Waals surface area contributed by atoms with Gasteiger partial charge in [0.05, 0.1) is 0 Å². The van der Waals surface area contributed by atoms with Gasteiger partial charge in [-0.2, -0.15) is 4.31 Å². The minimum atomic E-state index is -3.42. The summed E-state index contributed by atoms with van der Waals surface area (Å²) in [5, 5.41) is 1.78. The predicted molar refractivity (Wildman–Crippen MR) is 77.2 cm³/mol. The Morgan fingerprint density at radius 3 is 2.89 bits per heavy atom. The summed E-state index contributed by atoms with van der Waals surface area (Å²) in [6.45, 7) is 3.02. The normalized spacial score (nSPS) is 26.4. The second kappa shape index (κ2) is 5.58. The van der Waals surface area contributed by atoms with Crippen LogP contribution in [0.1, 0.15) is 19.8 Å². The number of hydrogen-bond acceptors (Lipinski definition) is 4. The van der Waals surface area contributed by atoms with E-state index in [-0.39, 0.29) is 6.04 Å². The maximum absolute atomic E-state index is 12.6. The molecule has 7 heteroatoms. The number of piperidine rings is 1. The molecule has 0 saturated carbocycles. The van der Waals surface area contributed by atoms with Gasteiger partial charge in [-0.1, -0.05) is 6.92 Å². The molecule has 1 aromatic heterocycles. The fourth-order valence-corrected chi connectivity index (χ4v) is 6.63. The number of sulfonamides is 1. The Hall–Kier alpha value is 0.0500. The SMILES string of the molecule is CC1CCCN(S(=O)(=O)c2sccc2Br)C1CN. The van der Waals surface area contributed by atoms with Gasteiger partial charge in [0.2, 0.25) is 0 Å². The molecule has 0 aromatic carbocycles. The van der Waals surface area contributed by atoms with Crippen LogP contribution in [0.2, 0.25) is 0 Å². The highest BCUT2D eigenvalue weighted by atomic mass is 79.9. The highest BCUT2D eigenvalue weighted by Gasteiger charge is 2.37. The van der Waals surface area contributed by atoms with Crippen LogP contribution in [0.15, 0.2) is 20.1 Å². The van der Waals surface area contributed by atoms with Crippen molar-refractivity contribution in [2.75, 3.05) is 13.1 Å². The minimum absolute atomic E-state index is 0.0854. The molecule has 0 radical (unpaired) electrons. The summed E-state index contributed by atoms with van der Waals surface area (Å²) in [4.78, 5) is 0. The van der Waals surface area contributed by atoms with Crippen molar-refractivity contribution in [1.29, 1.82) is 0 Å². The number of halogens is 1. The summed E-state index contributed by atoms with van der Waals surface area (Å²) >= 11 is 4.55. The molecular weight excluding hydrogens is 336 g/mol. The zero-order valence-corrected chi connectivity index (χ0v) is 13.4. The summed E-state index contributed by atoms with van der Waals surface area (Å²) in [6, 6.07) is 1.68. The fourth-order valence-electron chi connectivity index (χ4n) is 2.43. The summed E-state index contributed by atoms with van der Waals surface area (Å²) < 4.78 is 27.9. The first kappa shape index (κ1) is 14.5. The molecular formula is C11H17BrN2O2S2. The van der Waals surface area contributed by atoms with Gasteiger partial charge in [-0.25, -0.2) is 8.42 Å². The molecule has 0 amide bonds. The van der Waals surface area contributed by atoms with Crippen LogP contribution in [0.25, 0.3) is 0 Å². The molecule has 2 N–H and O–H groups in total. The van der Waals surface area contributed by atoms with Gasteiger partial charge in [0.15, 0.2) is 0 Å². The van der Waals surface area contributed by atoms with Gasteiger partial charge in [-0.05, 0) is 46.1 Å². The molecule has 0 aliphatic carbocycles. The summed E-state index contributed by atoms with van der Waals surface area (Å²) in [7, 11) is -3.42. The lowest BCUT2D eigenvalue weighted by atomic mass is 9.93. The minimum Gasteiger partial charge on any atom is -0.329 e. The number of nitrogens with two attached hydrogens (primary N) is 1. The number of rotatable bonds is 3. The zero-order chi connectivity index (χ0) is 13.3. The van der Waals surface area contributed by atoms with Crippen LogP contribution in [0.5, 0.6) is 0 Å². The molecule has 4 nitrogen and oxygen atoms in total. The second-order valence-electron chi connectivity index (χ2n) is 4.59. The van der Waals surface area contributed by atoms with Crippen LogP contribution < -0.4 is 5.73 Å². The molecule has 0 spiro atoms. The molecule has 1 fully saturated rings. The Morgan fingerprint density at radius 1 is 1.61 bits per heavy atom. The molecule has 0 bridgehead atoms. The van der Waals surface area contributed by atoms with Crippen molar-refractivity contribution in [2.24, 2.45) is 11.7 Å². The first-order chi connectivity index (χ1) is 8.48. The van der Waals surface area contributed by atoms with Gasteiger partial charge in [0.25, 0.3) is 10.0 Å². The third-order valence-corrected chi connectivity index (χ3v) is 8.01. The molecule has 1 aromatic rings.